The van der Waals surface area contributed by atoms with Crippen molar-refractivity contribution in [3.8, 4) is 0 Å². The first-order valence-corrected chi connectivity index (χ1v) is 7.89. The lowest BCUT2D eigenvalue weighted by molar-refractivity contribution is 0.0640. The summed E-state index contributed by atoms with van der Waals surface area (Å²) in [6.07, 6.45) is 0. The second-order valence-corrected chi connectivity index (χ2v) is 6.14. The van der Waals surface area contributed by atoms with Crippen LogP contribution in [-0.4, -0.2) is 32.8 Å². The van der Waals surface area contributed by atoms with Crippen molar-refractivity contribution in [1.29, 1.82) is 0 Å². The smallest absolute Gasteiger partial charge is 0.261 e. The third kappa shape index (κ3) is 2.44. The molecule has 0 atom stereocenters. The molecular formula is C13H11BrN4O2S. The molecule has 0 fully saturated rings. The number of hydrogen-bond donors (Lipinski definition) is 1. The molecule has 2 amide bonds. The quantitative estimate of drug-likeness (QED) is 0.841. The summed E-state index contributed by atoms with van der Waals surface area (Å²) in [5, 5.41) is 7.91. The number of hydrogen-bond acceptors (Lipinski definition) is 6. The molecule has 1 N–H and O–H groups in total. The Hall–Kier alpha value is -1.80. The van der Waals surface area contributed by atoms with Gasteiger partial charge in [-0.2, -0.15) is 0 Å². The van der Waals surface area contributed by atoms with E-state index < -0.39 is 0 Å². The molecule has 108 valence electrons. The van der Waals surface area contributed by atoms with Crippen LogP contribution in [0.2, 0.25) is 0 Å². The Morgan fingerprint density at radius 3 is 2.81 bits per heavy atom. The lowest BCUT2D eigenvalue weighted by Crippen LogP contribution is -2.29. The van der Waals surface area contributed by atoms with Crippen molar-refractivity contribution >= 4 is 44.3 Å². The second-order valence-electron chi connectivity index (χ2n) is 4.47. The minimum atomic E-state index is -0.299. The number of rotatable bonds is 4. The average Bonchev–Trinajstić information content (AvgIpc) is 2.99. The van der Waals surface area contributed by atoms with E-state index in [4.69, 9.17) is 0 Å². The Bertz CT molecular complexity index is 731. The van der Waals surface area contributed by atoms with Gasteiger partial charge >= 0.3 is 0 Å². The summed E-state index contributed by atoms with van der Waals surface area (Å²) >= 11 is 4.53. The van der Waals surface area contributed by atoms with Gasteiger partial charge in [-0.25, -0.2) is 0 Å². The lowest BCUT2D eigenvalue weighted by Gasteiger charge is -2.12. The third-order valence-corrected chi connectivity index (χ3v) is 4.35. The van der Waals surface area contributed by atoms with E-state index in [1.807, 2.05) is 6.92 Å². The fourth-order valence-corrected chi connectivity index (χ4v) is 3.16. The first-order valence-electron chi connectivity index (χ1n) is 6.32. The first-order chi connectivity index (χ1) is 10.1. The van der Waals surface area contributed by atoms with Crippen LogP contribution in [0.5, 0.6) is 0 Å². The lowest BCUT2D eigenvalue weighted by atomic mass is 10.1. The summed E-state index contributed by atoms with van der Waals surface area (Å²) in [5.41, 5.74) is 1.45. The zero-order valence-electron chi connectivity index (χ0n) is 11.1. The van der Waals surface area contributed by atoms with Gasteiger partial charge in [0.25, 0.3) is 11.8 Å². The van der Waals surface area contributed by atoms with Gasteiger partial charge in [0.2, 0.25) is 0 Å². The van der Waals surface area contributed by atoms with Crippen molar-refractivity contribution in [3.05, 3.63) is 39.5 Å². The predicted octanol–water partition coefficient (Wildman–Crippen LogP) is 2.53. The molecule has 1 aromatic carbocycles. The number of benzene rings is 1. The van der Waals surface area contributed by atoms with Crippen LogP contribution in [0.25, 0.3) is 0 Å². The Labute approximate surface area is 133 Å². The largest absolute Gasteiger partial charge is 0.374 e. The molecule has 2 heterocycles. The Morgan fingerprint density at radius 2 is 2.05 bits per heavy atom. The maximum Gasteiger partial charge on any atom is 0.261 e. The van der Waals surface area contributed by atoms with Crippen LogP contribution in [0.15, 0.2) is 22.7 Å². The summed E-state index contributed by atoms with van der Waals surface area (Å²) in [4.78, 5) is 25.9. The number of carbonyl (C=O) groups excluding carboxylic acids is 2. The molecule has 1 aliphatic heterocycles. The van der Waals surface area contributed by atoms with Crippen LogP contribution < -0.4 is 5.32 Å². The van der Waals surface area contributed by atoms with Crippen molar-refractivity contribution in [2.24, 2.45) is 0 Å². The standard InChI is InChI=1S/C13H11BrN4O2S/c1-2-15-11-10(16-17-21-11)6-18-12(19)8-4-3-7(14)5-9(8)13(18)20/h3-5,15H,2,6H2,1H3. The van der Waals surface area contributed by atoms with E-state index in [9.17, 15) is 9.59 Å². The van der Waals surface area contributed by atoms with Crippen molar-refractivity contribution in [2.75, 3.05) is 11.9 Å². The molecule has 0 saturated carbocycles. The average molecular weight is 367 g/mol. The molecule has 3 rings (SSSR count). The number of imide groups is 1. The normalized spacial score (nSPS) is 13.7. The molecule has 0 spiro atoms. The van der Waals surface area contributed by atoms with Crippen LogP contribution in [0.3, 0.4) is 0 Å². The summed E-state index contributed by atoms with van der Waals surface area (Å²) in [5.74, 6) is -0.593. The number of fused-ring (bicyclic) bond motifs is 1. The molecule has 0 aliphatic carbocycles. The number of anilines is 1. The van der Waals surface area contributed by atoms with Gasteiger partial charge in [0, 0.05) is 22.5 Å². The highest BCUT2D eigenvalue weighted by molar-refractivity contribution is 9.10. The zero-order valence-corrected chi connectivity index (χ0v) is 13.5. The number of nitrogens with zero attached hydrogens (tertiary/aromatic N) is 3. The Balaban J connectivity index is 1.90. The van der Waals surface area contributed by atoms with Crippen LogP contribution >= 0.6 is 27.5 Å². The van der Waals surface area contributed by atoms with Crippen molar-refractivity contribution < 1.29 is 9.59 Å². The van der Waals surface area contributed by atoms with Gasteiger partial charge < -0.3 is 5.32 Å². The summed E-state index contributed by atoms with van der Waals surface area (Å²) in [6.45, 7) is 2.82. The molecule has 0 radical (unpaired) electrons. The number of carbonyl (C=O) groups is 2. The summed E-state index contributed by atoms with van der Waals surface area (Å²) in [6, 6.07) is 5.08. The summed E-state index contributed by atoms with van der Waals surface area (Å²) < 4.78 is 4.64. The maximum absolute atomic E-state index is 12.4. The second kappa shape index (κ2) is 5.53. The number of amides is 2. The molecular weight excluding hydrogens is 356 g/mol. The number of nitrogens with one attached hydrogen (secondary N) is 1. The fraction of sp³-hybridized carbons (Fsp3) is 0.231. The van der Waals surface area contributed by atoms with Crippen molar-refractivity contribution in [1.82, 2.24) is 14.5 Å². The highest BCUT2D eigenvalue weighted by atomic mass is 79.9. The highest BCUT2D eigenvalue weighted by Gasteiger charge is 2.36. The van der Waals surface area contributed by atoms with Crippen LogP contribution in [-0.2, 0) is 6.54 Å². The first kappa shape index (κ1) is 14.2. The monoisotopic (exact) mass is 366 g/mol. The molecule has 21 heavy (non-hydrogen) atoms. The van der Waals surface area contributed by atoms with E-state index >= 15 is 0 Å². The topological polar surface area (TPSA) is 75.2 Å². The SMILES string of the molecule is CCNc1snnc1CN1C(=O)c2ccc(Br)cc2C1=O. The number of aromatic nitrogens is 2. The molecule has 1 aromatic heterocycles. The van der Waals surface area contributed by atoms with Crippen molar-refractivity contribution in [3.63, 3.8) is 0 Å². The molecule has 1 aliphatic rings. The van der Waals surface area contributed by atoms with Gasteiger partial charge in [-0.3, -0.25) is 14.5 Å². The third-order valence-electron chi connectivity index (χ3n) is 3.13. The molecule has 0 unspecified atom stereocenters. The van der Waals surface area contributed by atoms with Crippen molar-refractivity contribution in [2.45, 2.75) is 13.5 Å². The molecule has 2 aromatic rings. The molecule has 8 heteroatoms. The zero-order chi connectivity index (χ0) is 15.0. The van der Waals surface area contributed by atoms with Gasteiger partial charge in [0.1, 0.15) is 10.7 Å². The van der Waals surface area contributed by atoms with Crippen LogP contribution in [0, 0.1) is 0 Å². The maximum atomic E-state index is 12.4. The fourth-order valence-electron chi connectivity index (χ4n) is 2.16. The van der Waals surface area contributed by atoms with E-state index in [0.29, 0.717) is 16.8 Å². The minimum Gasteiger partial charge on any atom is -0.374 e. The molecule has 0 saturated heterocycles. The molecule has 0 bridgehead atoms. The Morgan fingerprint density at radius 1 is 1.29 bits per heavy atom. The predicted molar refractivity (Wildman–Crippen MR) is 82.4 cm³/mol. The number of halogens is 1. The van der Waals surface area contributed by atoms with Gasteiger partial charge in [0.05, 0.1) is 17.7 Å². The van der Waals surface area contributed by atoms with Gasteiger partial charge in [0.15, 0.2) is 0 Å². The van der Waals surface area contributed by atoms with E-state index in [2.05, 4.69) is 30.8 Å². The summed E-state index contributed by atoms with van der Waals surface area (Å²) in [7, 11) is 0. The van der Waals surface area contributed by atoms with Gasteiger partial charge in [-0.05, 0) is 25.1 Å². The Kier molecular flexibility index (Phi) is 3.73. The van der Waals surface area contributed by atoms with Crippen LogP contribution in [0.4, 0.5) is 5.00 Å². The van der Waals surface area contributed by atoms with Gasteiger partial charge in [-0.15, -0.1) is 5.10 Å². The van der Waals surface area contributed by atoms with Crippen LogP contribution in [0.1, 0.15) is 33.3 Å². The van der Waals surface area contributed by atoms with E-state index in [1.54, 1.807) is 18.2 Å². The van der Waals surface area contributed by atoms with E-state index in [-0.39, 0.29) is 18.4 Å². The molecule has 6 nitrogen and oxygen atoms in total. The highest BCUT2D eigenvalue weighted by Crippen LogP contribution is 2.28. The van der Waals surface area contributed by atoms with E-state index in [0.717, 1.165) is 16.0 Å². The minimum absolute atomic E-state index is 0.128. The van der Waals surface area contributed by atoms with Gasteiger partial charge in [-0.1, -0.05) is 20.4 Å². The van der Waals surface area contributed by atoms with E-state index in [1.165, 1.54) is 16.4 Å².